The maximum absolute atomic E-state index is 11.3. The van der Waals surface area contributed by atoms with Gasteiger partial charge in [0.2, 0.25) is 10.0 Å². The fourth-order valence-electron chi connectivity index (χ4n) is 1.34. The number of nitrogens with two attached hydrogens (primary N) is 2. The second kappa shape index (κ2) is 4.59. The van der Waals surface area contributed by atoms with Crippen LogP contribution in [-0.4, -0.2) is 23.2 Å². The van der Waals surface area contributed by atoms with E-state index in [2.05, 4.69) is 10.1 Å². The number of para-hydroxylation sites is 1. The summed E-state index contributed by atoms with van der Waals surface area (Å²) in [6.07, 6.45) is 1.40. The summed E-state index contributed by atoms with van der Waals surface area (Å²) in [5, 5.41) is 9.60. The van der Waals surface area contributed by atoms with Crippen molar-refractivity contribution in [3.63, 3.8) is 0 Å². The van der Waals surface area contributed by atoms with Gasteiger partial charge in [-0.3, -0.25) is 0 Å². The monoisotopic (exact) mass is 285 g/mol. The van der Waals surface area contributed by atoms with E-state index in [4.69, 9.17) is 10.9 Å². The minimum atomic E-state index is -3.83. The van der Waals surface area contributed by atoms with E-state index in [1.807, 2.05) is 0 Å². The zero-order valence-electron chi connectivity index (χ0n) is 9.44. The summed E-state index contributed by atoms with van der Waals surface area (Å²) in [6.45, 7) is 0. The number of aryl methyl sites for hydroxylation is 1. The first-order chi connectivity index (χ1) is 8.39. The number of nitrogen functional groups attached to an aromatic ring is 1. The molecule has 0 fully saturated rings. The average Bonchev–Trinajstić information content (AvgIpc) is 2.66. The average molecular weight is 285 g/mol. The van der Waals surface area contributed by atoms with Gasteiger partial charge in [-0.2, -0.15) is 5.10 Å². The van der Waals surface area contributed by atoms with Crippen molar-refractivity contribution in [3.05, 3.63) is 24.5 Å². The van der Waals surface area contributed by atoms with Crippen molar-refractivity contribution in [3.8, 4) is 0 Å². The predicted octanol–water partition coefficient (Wildman–Crippen LogP) is 0.196. The molecule has 2 aromatic rings. The molecule has 7 nitrogen and oxygen atoms in total. The lowest BCUT2D eigenvalue weighted by atomic mass is 10.3. The van der Waals surface area contributed by atoms with Crippen LogP contribution in [0.2, 0.25) is 0 Å². The van der Waals surface area contributed by atoms with Gasteiger partial charge in [-0.15, -0.1) is 0 Å². The zero-order valence-corrected chi connectivity index (χ0v) is 11.1. The number of primary sulfonamides is 1. The molecule has 0 aliphatic rings. The number of rotatable bonds is 3. The maximum Gasteiger partial charge on any atom is 0.240 e. The fourth-order valence-corrected chi connectivity index (χ4v) is 2.93. The summed E-state index contributed by atoms with van der Waals surface area (Å²) in [7, 11) is -2.09. The van der Waals surface area contributed by atoms with Crippen LogP contribution in [0, 0.1) is 0 Å². The third kappa shape index (κ3) is 2.47. The van der Waals surface area contributed by atoms with Gasteiger partial charge in [-0.1, -0.05) is 6.07 Å². The van der Waals surface area contributed by atoms with Crippen molar-refractivity contribution in [2.75, 3.05) is 5.73 Å². The first-order valence-corrected chi connectivity index (χ1v) is 7.19. The van der Waals surface area contributed by atoms with E-state index in [-0.39, 0.29) is 10.6 Å². The molecule has 2 rings (SSSR count). The zero-order chi connectivity index (χ0) is 13.3. The van der Waals surface area contributed by atoms with Crippen LogP contribution < -0.4 is 10.9 Å². The minimum absolute atomic E-state index is 0.0883. The first-order valence-electron chi connectivity index (χ1n) is 4.82. The smallest absolute Gasteiger partial charge is 0.240 e. The molecule has 0 radical (unpaired) electrons. The Balaban J connectivity index is 2.45. The van der Waals surface area contributed by atoms with Gasteiger partial charge < -0.3 is 5.73 Å². The quantitative estimate of drug-likeness (QED) is 0.778. The first kappa shape index (κ1) is 12.9. The number of anilines is 1. The van der Waals surface area contributed by atoms with Crippen LogP contribution in [0.1, 0.15) is 0 Å². The van der Waals surface area contributed by atoms with Gasteiger partial charge in [0.05, 0.1) is 5.69 Å². The van der Waals surface area contributed by atoms with Gasteiger partial charge in [0.1, 0.15) is 11.2 Å². The third-order valence-corrected chi connectivity index (χ3v) is 4.30. The summed E-state index contributed by atoms with van der Waals surface area (Å²) >= 11 is 1.22. The number of benzene rings is 1. The van der Waals surface area contributed by atoms with Gasteiger partial charge in [0.25, 0.3) is 0 Å². The molecular weight excluding hydrogens is 274 g/mol. The Kier molecular flexibility index (Phi) is 3.28. The molecule has 96 valence electrons. The van der Waals surface area contributed by atoms with E-state index in [9.17, 15) is 8.42 Å². The molecule has 4 N–H and O–H groups in total. The Morgan fingerprint density at radius 2 is 2.11 bits per heavy atom. The summed E-state index contributed by atoms with van der Waals surface area (Å²) in [5.74, 6) is 0. The second-order valence-electron chi connectivity index (χ2n) is 3.48. The lowest BCUT2D eigenvalue weighted by molar-refractivity contribution is 0.598. The molecule has 0 unspecified atom stereocenters. The van der Waals surface area contributed by atoms with Gasteiger partial charge in [0, 0.05) is 11.9 Å². The van der Waals surface area contributed by atoms with E-state index in [0.717, 1.165) is 0 Å². The topological polar surface area (TPSA) is 117 Å². The van der Waals surface area contributed by atoms with Gasteiger partial charge in [-0.05, 0) is 23.9 Å². The van der Waals surface area contributed by atoms with Crippen LogP contribution in [0.25, 0.3) is 0 Å². The van der Waals surface area contributed by atoms with Crippen LogP contribution in [0.4, 0.5) is 5.69 Å². The van der Waals surface area contributed by atoms with Crippen LogP contribution in [0.15, 0.2) is 39.5 Å². The normalized spacial score (nSPS) is 11.7. The standard InChI is InChI=1S/C9H11N5O2S2/c1-14-9(12-5-13-14)17-6-3-2-4-7(8(6)10)18(11,15)16/h2-5H,10H2,1H3,(H2,11,15,16). The Hall–Kier alpha value is -1.58. The van der Waals surface area contributed by atoms with E-state index in [1.54, 1.807) is 23.9 Å². The van der Waals surface area contributed by atoms with Crippen LogP contribution in [0.5, 0.6) is 0 Å². The summed E-state index contributed by atoms with van der Waals surface area (Å²) < 4.78 is 24.2. The number of hydrogen-bond donors (Lipinski definition) is 2. The van der Waals surface area contributed by atoms with Crippen molar-refractivity contribution >= 4 is 27.5 Å². The molecular formula is C9H11N5O2S2. The van der Waals surface area contributed by atoms with Crippen LogP contribution >= 0.6 is 11.8 Å². The Bertz CT molecular complexity index is 680. The number of sulfonamides is 1. The van der Waals surface area contributed by atoms with Crippen molar-refractivity contribution in [2.45, 2.75) is 14.9 Å². The van der Waals surface area contributed by atoms with Crippen LogP contribution in [0.3, 0.4) is 0 Å². The third-order valence-electron chi connectivity index (χ3n) is 2.20. The maximum atomic E-state index is 11.3. The highest BCUT2D eigenvalue weighted by molar-refractivity contribution is 7.99. The van der Waals surface area contributed by atoms with Crippen molar-refractivity contribution < 1.29 is 8.42 Å². The van der Waals surface area contributed by atoms with Gasteiger partial charge in [0.15, 0.2) is 5.16 Å². The molecule has 0 spiro atoms. The summed E-state index contributed by atoms with van der Waals surface area (Å²) in [6, 6.07) is 4.64. The highest BCUT2D eigenvalue weighted by Gasteiger charge is 2.16. The van der Waals surface area contributed by atoms with Crippen molar-refractivity contribution in [2.24, 2.45) is 12.2 Å². The van der Waals surface area contributed by atoms with Crippen LogP contribution in [-0.2, 0) is 17.1 Å². The fraction of sp³-hybridized carbons (Fsp3) is 0.111. The predicted molar refractivity (Wildman–Crippen MR) is 67.4 cm³/mol. The number of hydrogen-bond acceptors (Lipinski definition) is 6. The molecule has 0 aliphatic heterocycles. The molecule has 0 atom stereocenters. The Labute approximate surface area is 108 Å². The van der Waals surface area contributed by atoms with E-state index in [0.29, 0.717) is 10.1 Å². The molecule has 0 amide bonds. The van der Waals surface area contributed by atoms with Gasteiger partial charge >= 0.3 is 0 Å². The molecule has 0 aliphatic carbocycles. The molecule has 1 aromatic heterocycles. The molecule has 0 bridgehead atoms. The van der Waals surface area contributed by atoms with Gasteiger partial charge in [-0.25, -0.2) is 23.2 Å². The minimum Gasteiger partial charge on any atom is -0.397 e. The molecule has 0 saturated carbocycles. The largest absolute Gasteiger partial charge is 0.397 e. The van der Waals surface area contributed by atoms with Crippen molar-refractivity contribution in [1.82, 2.24) is 14.8 Å². The van der Waals surface area contributed by atoms with Crippen molar-refractivity contribution in [1.29, 1.82) is 0 Å². The van der Waals surface area contributed by atoms with E-state index in [1.165, 1.54) is 24.2 Å². The van der Waals surface area contributed by atoms with E-state index < -0.39 is 10.0 Å². The molecule has 1 aromatic carbocycles. The highest BCUT2D eigenvalue weighted by Crippen LogP contribution is 2.33. The Morgan fingerprint density at radius 3 is 2.67 bits per heavy atom. The highest BCUT2D eigenvalue weighted by atomic mass is 32.2. The lowest BCUT2D eigenvalue weighted by Crippen LogP contribution is -2.14. The summed E-state index contributed by atoms with van der Waals surface area (Å²) in [5.41, 5.74) is 5.92. The van der Waals surface area contributed by atoms with E-state index >= 15 is 0 Å². The lowest BCUT2D eigenvalue weighted by Gasteiger charge is -2.08. The summed E-state index contributed by atoms with van der Waals surface area (Å²) in [4.78, 5) is 4.50. The number of nitrogens with zero attached hydrogens (tertiary/aromatic N) is 3. The molecule has 9 heteroatoms. The second-order valence-corrected chi connectivity index (χ2v) is 6.02. The SMILES string of the molecule is Cn1ncnc1Sc1cccc(S(N)(=O)=O)c1N. The Morgan fingerprint density at radius 1 is 1.39 bits per heavy atom. The number of aromatic nitrogens is 3. The molecule has 0 saturated heterocycles. The molecule has 18 heavy (non-hydrogen) atoms. The molecule has 1 heterocycles.